The molecular weight excluding hydrogens is 350 g/mol. The number of hydrogen-bond donors (Lipinski definition) is 1. The van der Waals surface area contributed by atoms with Crippen LogP contribution in [0.5, 0.6) is 0 Å². The molecule has 0 amide bonds. The predicted octanol–water partition coefficient (Wildman–Crippen LogP) is 5.90. The third-order valence-corrected chi connectivity index (χ3v) is 6.05. The molecule has 0 aliphatic carbocycles. The molecule has 1 N–H and O–H groups in total. The van der Waals surface area contributed by atoms with Crippen LogP contribution in [-0.2, 0) is 0 Å². The van der Waals surface area contributed by atoms with E-state index < -0.39 is 0 Å². The summed E-state index contributed by atoms with van der Waals surface area (Å²) >= 11 is 7.89. The first-order valence-electron chi connectivity index (χ1n) is 8.32. The van der Waals surface area contributed by atoms with Crippen LogP contribution in [0.25, 0.3) is 11.0 Å². The summed E-state index contributed by atoms with van der Waals surface area (Å²) in [4.78, 5) is 6.18. The Morgan fingerprint density at radius 1 is 1.04 bits per heavy atom. The summed E-state index contributed by atoms with van der Waals surface area (Å²) in [6.07, 6.45) is 0.982. The number of imidazole rings is 1. The van der Waals surface area contributed by atoms with Crippen molar-refractivity contribution >= 4 is 39.9 Å². The largest absolute Gasteiger partial charge is 0.348 e. The summed E-state index contributed by atoms with van der Waals surface area (Å²) in [6.45, 7) is 0. The molecule has 0 saturated carbocycles. The van der Waals surface area contributed by atoms with E-state index in [4.69, 9.17) is 16.6 Å². The van der Waals surface area contributed by atoms with Gasteiger partial charge in [0, 0.05) is 9.90 Å². The molecule has 5 heteroatoms. The Labute approximate surface area is 154 Å². The SMILES string of the molecule is Clc1ccc(C2CC(c3cccs3)Nc3nc4ccccc4n32)cc1. The second-order valence-electron chi connectivity index (χ2n) is 6.31. The quantitative estimate of drug-likeness (QED) is 0.479. The van der Waals surface area contributed by atoms with Crippen LogP contribution in [0.3, 0.4) is 0 Å². The van der Waals surface area contributed by atoms with Gasteiger partial charge in [-0.25, -0.2) is 4.98 Å². The van der Waals surface area contributed by atoms with E-state index >= 15 is 0 Å². The number of rotatable bonds is 2. The second kappa shape index (κ2) is 5.90. The maximum atomic E-state index is 6.10. The van der Waals surface area contributed by atoms with Crippen molar-refractivity contribution in [1.29, 1.82) is 0 Å². The van der Waals surface area contributed by atoms with Gasteiger partial charge in [0.25, 0.3) is 0 Å². The lowest BCUT2D eigenvalue weighted by atomic mass is 9.96. The first kappa shape index (κ1) is 15.0. The van der Waals surface area contributed by atoms with Crippen LogP contribution >= 0.6 is 22.9 Å². The maximum absolute atomic E-state index is 6.10. The van der Waals surface area contributed by atoms with Gasteiger partial charge in [0.15, 0.2) is 0 Å². The summed E-state index contributed by atoms with van der Waals surface area (Å²) in [5, 5.41) is 6.53. The van der Waals surface area contributed by atoms with Crippen molar-refractivity contribution in [2.45, 2.75) is 18.5 Å². The highest BCUT2D eigenvalue weighted by Crippen LogP contribution is 2.42. The molecule has 3 heterocycles. The topological polar surface area (TPSA) is 29.9 Å². The summed E-state index contributed by atoms with van der Waals surface area (Å²) in [6, 6.07) is 21.3. The molecule has 2 atom stereocenters. The van der Waals surface area contributed by atoms with Gasteiger partial charge in [-0.1, -0.05) is 41.9 Å². The lowest BCUT2D eigenvalue weighted by Crippen LogP contribution is -2.26. The molecule has 1 aliphatic heterocycles. The Kier molecular flexibility index (Phi) is 3.54. The van der Waals surface area contributed by atoms with E-state index in [0.717, 1.165) is 28.4 Å². The standard InChI is InChI=1S/C20H16ClN3S/c21-14-9-7-13(8-10-14)18-12-16(19-6-3-11-25-19)23-20-22-15-4-1-2-5-17(15)24(18)20/h1-11,16,18H,12H2,(H,22,23). The molecule has 2 unspecified atom stereocenters. The molecule has 0 fully saturated rings. The molecule has 0 saturated heterocycles. The fourth-order valence-corrected chi connectivity index (χ4v) is 4.57. The average molecular weight is 366 g/mol. The molecule has 3 nitrogen and oxygen atoms in total. The third kappa shape index (κ3) is 2.53. The van der Waals surface area contributed by atoms with Crippen molar-refractivity contribution < 1.29 is 0 Å². The van der Waals surface area contributed by atoms with E-state index in [2.05, 4.69) is 57.7 Å². The zero-order valence-corrected chi connectivity index (χ0v) is 15.0. The Balaban J connectivity index is 1.68. The van der Waals surface area contributed by atoms with Gasteiger partial charge in [-0.15, -0.1) is 11.3 Å². The van der Waals surface area contributed by atoms with Crippen LogP contribution in [-0.4, -0.2) is 9.55 Å². The molecular formula is C20H16ClN3S. The zero-order valence-electron chi connectivity index (χ0n) is 13.4. The Morgan fingerprint density at radius 2 is 1.88 bits per heavy atom. The molecule has 4 aromatic rings. The van der Waals surface area contributed by atoms with E-state index in [1.54, 1.807) is 11.3 Å². The van der Waals surface area contributed by atoms with E-state index in [9.17, 15) is 0 Å². The first-order chi connectivity index (χ1) is 12.3. The highest BCUT2D eigenvalue weighted by molar-refractivity contribution is 7.10. The maximum Gasteiger partial charge on any atom is 0.204 e. The number of nitrogens with one attached hydrogen (secondary N) is 1. The molecule has 25 heavy (non-hydrogen) atoms. The van der Waals surface area contributed by atoms with Gasteiger partial charge in [-0.05, 0) is 47.7 Å². The van der Waals surface area contributed by atoms with E-state index in [1.807, 2.05) is 18.2 Å². The van der Waals surface area contributed by atoms with Crippen molar-refractivity contribution in [1.82, 2.24) is 9.55 Å². The predicted molar refractivity (Wildman–Crippen MR) is 105 cm³/mol. The van der Waals surface area contributed by atoms with Crippen LogP contribution in [0.1, 0.15) is 28.9 Å². The van der Waals surface area contributed by atoms with Gasteiger partial charge in [0.1, 0.15) is 0 Å². The van der Waals surface area contributed by atoms with Crippen LogP contribution in [0.2, 0.25) is 5.02 Å². The second-order valence-corrected chi connectivity index (χ2v) is 7.73. The number of hydrogen-bond acceptors (Lipinski definition) is 3. The molecule has 0 spiro atoms. The summed E-state index contributed by atoms with van der Waals surface area (Å²) in [7, 11) is 0. The highest BCUT2D eigenvalue weighted by atomic mass is 35.5. The normalized spacial score (nSPS) is 19.6. The van der Waals surface area contributed by atoms with Gasteiger partial charge in [0.05, 0.1) is 23.1 Å². The number of benzene rings is 2. The molecule has 124 valence electrons. The number of para-hydroxylation sites is 2. The summed E-state index contributed by atoms with van der Waals surface area (Å²) < 4.78 is 2.32. The van der Waals surface area contributed by atoms with E-state index in [-0.39, 0.29) is 12.1 Å². The molecule has 0 bridgehead atoms. The Morgan fingerprint density at radius 3 is 2.68 bits per heavy atom. The van der Waals surface area contributed by atoms with Crippen LogP contribution in [0, 0.1) is 0 Å². The minimum absolute atomic E-state index is 0.230. The van der Waals surface area contributed by atoms with Gasteiger partial charge < -0.3 is 9.88 Å². The van der Waals surface area contributed by atoms with Crippen molar-refractivity contribution in [2.24, 2.45) is 0 Å². The van der Waals surface area contributed by atoms with Gasteiger partial charge in [-0.2, -0.15) is 0 Å². The minimum atomic E-state index is 0.230. The van der Waals surface area contributed by atoms with Crippen molar-refractivity contribution in [3.05, 3.63) is 81.5 Å². The lowest BCUT2D eigenvalue weighted by Gasteiger charge is -2.33. The Hall–Kier alpha value is -2.30. The van der Waals surface area contributed by atoms with Crippen molar-refractivity contribution in [2.75, 3.05) is 5.32 Å². The van der Waals surface area contributed by atoms with E-state index in [1.165, 1.54) is 10.4 Å². The number of halogens is 1. The molecule has 5 rings (SSSR count). The monoisotopic (exact) mass is 365 g/mol. The van der Waals surface area contributed by atoms with Crippen molar-refractivity contribution in [3.8, 4) is 0 Å². The van der Waals surface area contributed by atoms with Gasteiger partial charge >= 0.3 is 0 Å². The summed E-state index contributed by atoms with van der Waals surface area (Å²) in [5.74, 6) is 0.936. The fourth-order valence-electron chi connectivity index (χ4n) is 3.65. The average Bonchev–Trinajstić information content (AvgIpc) is 3.29. The molecule has 1 aliphatic rings. The molecule has 2 aromatic heterocycles. The third-order valence-electron chi connectivity index (χ3n) is 4.81. The Bertz CT molecular complexity index is 1020. The fraction of sp³-hybridized carbons (Fsp3) is 0.150. The van der Waals surface area contributed by atoms with Crippen LogP contribution in [0.15, 0.2) is 66.0 Å². The number of nitrogens with zero attached hydrogens (tertiary/aromatic N) is 2. The zero-order chi connectivity index (χ0) is 16.8. The highest BCUT2D eigenvalue weighted by Gasteiger charge is 2.31. The number of thiophene rings is 1. The minimum Gasteiger partial charge on any atom is -0.348 e. The van der Waals surface area contributed by atoms with Crippen LogP contribution < -0.4 is 5.32 Å². The summed E-state index contributed by atoms with van der Waals surface area (Å²) in [5.41, 5.74) is 3.45. The number of fused-ring (bicyclic) bond motifs is 3. The smallest absolute Gasteiger partial charge is 0.204 e. The number of anilines is 1. The van der Waals surface area contributed by atoms with E-state index in [0.29, 0.717) is 0 Å². The number of aromatic nitrogens is 2. The molecule has 2 aromatic carbocycles. The first-order valence-corrected chi connectivity index (χ1v) is 9.58. The van der Waals surface area contributed by atoms with Gasteiger partial charge in [-0.3, -0.25) is 0 Å². The van der Waals surface area contributed by atoms with Gasteiger partial charge in [0.2, 0.25) is 5.95 Å². The lowest BCUT2D eigenvalue weighted by molar-refractivity contribution is 0.481. The molecule has 0 radical (unpaired) electrons. The van der Waals surface area contributed by atoms with Crippen molar-refractivity contribution in [3.63, 3.8) is 0 Å². The van der Waals surface area contributed by atoms with Crippen LogP contribution in [0.4, 0.5) is 5.95 Å².